The Labute approximate surface area is 209 Å². The third kappa shape index (κ3) is 5.30. The lowest BCUT2D eigenvalue weighted by Crippen LogP contribution is -2.32. The molecule has 1 aromatic carbocycles. The predicted molar refractivity (Wildman–Crippen MR) is 132 cm³/mol. The van der Waals surface area contributed by atoms with Crippen LogP contribution in [-0.4, -0.2) is 39.1 Å². The maximum absolute atomic E-state index is 12.8. The van der Waals surface area contributed by atoms with Crippen molar-refractivity contribution in [3.63, 3.8) is 0 Å². The van der Waals surface area contributed by atoms with Crippen LogP contribution in [0.1, 0.15) is 42.8 Å². The normalized spacial score (nSPS) is 17.6. The van der Waals surface area contributed by atoms with Crippen molar-refractivity contribution < 1.29 is 18.8 Å². The average Bonchev–Trinajstić information content (AvgIpc) is 3.39. The molecule has 2 fully saturated rings. The van der Waals surface area contributed by atoms with E-state index in [0.29, 0.717) is 30.4 Å². The summed E-state index contributed by atoms with van der Waals surface area (Å²) < 4.78 is 5.83. The fraction of sp³-hybridized carbons (Fsp3) is 0.370. The van der Waals surface area contributed by atoms with E-state index >= 15 is 0 Å². The Balaban J connectivity index is 1.15. The number of benzene rings is 1. The highest BCUT2D eigenvalue weighted by atomic mass is 16.4. The molecule has 186 valence electrons. The summed E-state index contributed by atoms with van der Waals surface area (Å²) in [6.45, 7) is 2.79. The fourth-order valence-corrected chi connectivity index (χ4v) is 4.43. The topological polar surface area (TPSA) is 117 Å². The first-order valence-electron chi connectivity index (χ1n) is 12.3. The van der Waals surface area contributed by atoms with Crippen LogP contribution in [0.5, 0.6) is 0 Å². The van der Waals surface area contributed by atoms with Crippen molar-refractivity contribution in [3.8, 4) is 11.5 Å². The van der Waals surface area contributed by atoms with E-state index in [4.69, 9.17) is 4.42 Å². The number of rotatable bonds is 8. The van der Waals surface area contributed by atoms with Gasteiger partial charge in [0.15, 0.2) is 0 Å². The van der Waals surface area contributed by atoms with Gasteiger partial charge in [0.1, 0.15) is 11.5 Å². The largest absolute Gasteiger partial charge is 0.441 e. The highest BCUT2D eigenvalue weighted by molar-refractivity contribution is 5.93. The highest BCUT2D eigenvalue weighted by Crippen LogP contribution is 2.28. The number of aromatic nitrogens is 2. The quantitative estimate of drug-likeness (QED) is 0.503. The summed E-state index contributed by atoms with van der Waals surface area (Å²) in [5.41, 5.74) is 2.96. The number of hydrogen-bond acceptors (Lipinski definition) is 6. The van der Waals surface area contributed by atoms with Crippen LogP contribution in [-0.2, 0) is 27.5 Å². The Morgan fingerprint density at radius 2 is 1.89 bits per heavy atom. The molecule has 2 aliphatic rings. The summed E-state index contributed by atoms with van der Waals surface area (Å²) >= 11 is 0. The minimum Gasteiger partial charge on any atom is -0.441 e. The molecule has 0 spiro atoms. The number of aryl methyl sites for hydroxylation is 1. The van der Waals surface area contributed by atoms with Gasteiger partial charge in [0.25, 0.3) is 0 Å². The molecular formula is C27H29N5O4. The van der Waals surface area contributed by atoms with Crippen LogP contribution in [0.2, 0.25) is 0 Å². The number of carbonyl (C=O) groups is 3. The summed E-state index contributed by atoms with van der Waals surface area (Å²) in [4.78, 5) is 47.8. The van der Waals surface area contributed by atoms with Crippen LogP contribution in [0.3, 0.4) is 0 Å². The van der Waals surface area contributed by atoms with E-state index in [2.05, 4.69) is 20.6 Å². The first-order valence-corrected chi connectivity index (χ1v) is 12.3. The molecule has 2 aromatic heterocycles. The number of oxazole rings is 1. The average molecular weight is 488 g/mol. The summed E-state index contributed by atoms with van der Waals surface area (Å²) in [6, 6.07) is 12.9. The monoisotopic (exact) mass is 487 g/mol. The molecule has 1 saturated carbocycles. The molecule has 9 heteroatoms. The molecule has 5 rings (SSSR count). The van der Waals surface area contributed by atoms with E-state index in [9.17, 15) is 14.4 Å². The number of nitrogens with zero attached hydrogens (tertiary/aromatic N) is 3. The molecule has 1 atom stereocenters. The van der Waals surface area contributed by atoms with Gasteiger partial charge in [0.2, 0.25) is 23.6 Å². The zero-order valence-electron chi connectivity index (χ0n) is 20.2. The number of pyridine rings is 1. The van der Waals surface area contributed by atoms with Gasteiger partial charge in [-0.05, 0) is 56.2 Å². The van der Waals surface area contributed by atoms with Gasteiger partial charge >= 0.3 is 0 Å². The van der Waals surface area contributed by atoms with Crippen molar-refractivity contribution in [2.75, 3.05) is 11.9 Å². The van der Waals surface area contributed by atoms with E-state index in [1.54, 1.807) is 18.0 Å². The molecule has 36 heavy (non-hydrogen) atoms. The third-order valence-corrected chi connectivity index (χ3v) is 6.86. The molecule has 1 aliphatic carbocycles. The lowest BCUT2D eigenvalue weighted by molar-refractivity contribution is -0.129. The highest BCUT2D eigenvalue weighted by Gasteiger charge is 2.34. The summed E-state index contributed by atoms with van der Waals surface area (Å²) in [5, 5.41) is 5.85. The molecule has 9 nitrogen and oxygen atoms in total. The number of nitrogens with one attached hydrogen (secondary N) is 2. The Morgan fingerprint density at radius 3 is 2.58 bits per heavy atom. The van der Waals surface area contributed by atoms with Crippen molar-refractivity contribution >= 4 is 23.4 Å². The third-order valence-electron chi connectivity index (χ3n) is 6.86. The van der Waals surface area contributed by atoms with E-state index in [-0.39, 0.29) is 36.6 Å². The van der Waals surface area contributed by atoms with Crippen molar-refractivity contribution in [2.45, 2.75) is 45.7 Å². The zero-order valence-corrected chi connectivity index (χ0v) is 20.2. The number of amides is 3. The second kappa shape index (κ2) is 10.3. The molecule has 1 saturated heterocycles. The first kappa shape index (κ1) is 23.7. The van der Waals surface area contributed by atoms with Crippen molar-refractivity contribution in [2.24, 2.45) is 11.8 Å². The van der Waals surface area contributed by atoms with Gasteiger partial charge < -0.3 is 20.0 Å². The maximum Gasteiger partial charge on any atom is 0.227 e. The fourth-order valence-electron chi connectivity index (χ4n) is 4.43. The Kier molecular flexibility index (Phi) is 6.79. The molecule has 0 radical (unpaired) electrons. The molecule has 1 unspecified atom stereocenters. The summed E-state index contributed by atoms with van der Waals surface area (Å²) in [7, 11) is 0. The second-order valence-corrected chi connectivity index (χ2v) is 9.43. The standard InChI is InChI=1S/C27H29N5O4/c1-17-23(14-29-25(34)20-13-24(33)32(15-20)16-22-7-2-3-12-28-22)31-27(36-17)19-8-10-21(11-9-19)30-26(35)18-5-4-6-18/h2-3,7-12,18,20H,4-6,13-16H2,1H3,(H,29,34)(H,30,35). The number of likely N-dealkylation sites (tertiary alicyclic amines) is 1. The minimum atomic E-state index is -0.407. The van der Waals surface area contributed by atoms with Crippen molar-refractivity contribution in [3.05, 3.63) is 65.8 Å². The number of anilines is 1. The Hall–Kier alpha value is -4.01. The van der Waals surface area contributed by atoms with Crippen LogP contribution in [0.4, 0.5) is 5.69 Å². The first-order chi connectivity index (χ1) is 17.5. The van der Waals surface area contributed by atoms with E-state index in [1.165, 1.54) is 0 Å². The molecular weight excluding hydrogens is 458 g/mol. The van der Waals surface area contributed by atoms with Crippen LogP contribution >= 0.6 is 0 Å². The maximum atomic E-state index is 12.8. The van der Waals surface area contributed by atoms with Gasteiger partial charge in [-0.25, -0.2) is 4.98 Å². The lowest BCUT2D eigenvalue weighted by Gasteiger charge is -2.24. The molecule has 2 N–H and O–H groups in total. The Bertz CT molecular complexity index is 1250. The molecule has 3 amide bonds. The van der Waals surface area contributed by atoms with Crippen LogP contribution < -0.4 is 10.6 Å². The van der Waals surface area contributed by atoms with Crippen LogP contribution in [0, 0.1) is 18.8 Å². The van der Waals surface area contributed by atoms with Gasteiger partial charge in [-0.3, -0.25) is 19.4 Å². The van der Waals surface area contributed by atoms with Gasteiger partial charge in [-0.2, -0.15) is 0 Å². The zero-order chi connectivity index (χ0) is 25.1. The SMILES string of the molecule is Cc1oc(-c2ccc(NC(=O)C3CCC3)cc2)nc1CNC(=O)C1CC(=O)N(Cc2ccccn2)C1. The van der Waals surface area contributed by atoms with Gasteiger partial charge in [-0.15, -0.1) is 0 Å². The second-order valence-electron chi connectivity index (χ2n) is 9.43. The van der Waals surface area contributed by atoms with Gasteiger partial charge in [0.05, 0.1) is 24.7 Å². The Morgan fingerprint density at radius 1 is 1.08 bits per heavy atom. The molecule has 1 aliphatic heterocycles. The van der Waals surface area contributed by atoms with Crippen molar-refractivity contribution in [1.82, 2.24) is 20.2 Å². The smallest absolute Gasteiger partial charge is 0.227 e. The van der Waals surface area contributed by atoms with Crippen molar-refractivity contribution in [1.29, 1.82) is 0 Å². The van der Waals surface area contributed by atoms with Crippen LogP contribution in [0.25, 0.3) is 11.5 Å². The lowest BCUT2D eigenvalue weighted by atomic mass is 9.85. The van der Waals surface area contributed by atoms with E-state index < -0.39 is 5.92 Å². The van der Waals surface area contributed by atoms with Crippen LogP contribution in [0.15, 0.2) is 53.1 Å². The molecule has 3 aromatic rings. The number of carbonyl (C=O) groups excluding carboxylic acids is 3. The predicted octanol–water partition coefficient (Wildman–Crippen LogP) is 3.45. The number of hydrogen-bond donors (Lipinski definition) is 2. The minimum absolute atomic E-state index is 0.0481. The molecule has 0 bridgehead atoms. The van der Waals surface area contributed by atoms with Gasteiger partial charge in [0, 0.05) is 36.3 Å². The summed E-state index contributed by atoms with van der Waals surface area (Å²) in [5.74, 6) is 0.634. The van der Waals surface area contributed by atoms with E-state index in [0.717, 1.165) is 36.2 Å². The van der Waals surface area contributed by atoms with Gasteiger partial charge in [-0.1, -0.05) is 12.5 Å². The summed E-state index contributed by atoms with van der Waals surface area (Å²) in [6.07, 6.45) is 4.91. The molecule has 3 heterocycles. The van der Waals surface area contributed by atoms with E-state index in [1.807, 2.05) is 42.5 Å².